The maximum Gasteiger partial charge on any atom is 0.233 e. The minimum absolute atomic E-state index is 0.0319. The van der Waals surface area contributed by atoms with Gasteiger partial charge >= 0.3 is 0 Å². The molecule has 5 rings (SSSR count). The van der Waals surface area contributed by atoms with Crippen LogP contribution in [0.4, 0.5) is 5.13 Å². The Balaban J connectivity index is 1.54. The molecule has 0 atom stereocenters. The van der Waals surface area contributed by atoms with Gasteiger partial charge in [-0.05, 0) is 53.1 Å². The molecule has 0 saturated carbocycles. The van der Waals surface area contributed by atoms with Crippen LogP contribution in [0.25, 0.3) is 21.0 Å². The minimum Gasteiger partial charge on any atom is -0.467 e. The summed E-state index contributed by atoms with van der Waals surface area (Å²) < 4.78 is 6.50. The first-order valence-electron chi connectivity index (χ1n) is 9.94. The molecule has 5 aromatic rings. The number of furan rings is 1. The number of anilines is 1. The number of amides is 1. The number of hydrogen-bond donors (Lipinski definition) is 0. The molecule has 4 nitrogen and oxygen atoms in total. The largest absolute Gasteiger partial charge is 0.467 e. The van der Waals surface area contributed by atoms with Gasteiger partial charge in [0.1, 0.15) is 5.76 Å². The maximum absolute atomic E-state index is 13.5. The molecule has 0 N–H and O–H groups in total. The summed E-state index contributed by atoms with van der Waals surface area (Å²) in [6.45, 7) is 2.30. The lowest BCUT2D eigenvalue weighted by atomic mass is 10.0. The number of hydrogen-bond acceptors (Lipinski definition) is 4. The van der Waals surface area contributed by atoms with Crippen molar-refractivity contribution in [3.63, 3.8) is 0 Å². The van der Waals surface area contributed by atoms with Gasteiger partial charge < -0.3 is 4.42 Å². The molecule has 0 aliphatic heterocycles. The molecule has 0 aliphatic rings. The van der Waals surface area contributed by atoms with Gasteiger partial charge in [0.05, 0.1) is 29.4 Å². The third-order valence-electron chi connectivity index (χ3n) is 5.29. The number of carbonyl (C=O) groups excluding carboxylic acids is 1. The first kappa shape index (κ1) is 19.8. The first-order valence-corrected chi connectivity index (χ1v) is 11.1. The Bertz CT molecular complexity index is 1390. The number of benzene rings is 3. The monoisotopic (exact) mass is 446 g/mol. The van der Waals surface area contributed by atoms with Crippen LogP contribution in [0.3, 0.4) is 0 Å². The first-order chi connectivity index (χ1) is 15.1. The van der Waals surface area contributed by atoms with Crippen molar-refractivity contribution in [2.45, 2.75) is 19.9 Å². The van der Waals surface area contributed by atoms with Gasteiger partial charge in [-0.25, -0.2) is 4.98 Å². The van der Waals surface area contributed by atoms with E-state index in [9.17, 15) is 4.79 Å². The molecule has 0 unspecified atom stereocenters. The fourth-order valence-corrected chi connectivity index (χ4v) is 5.22. The Kier molecular flexibility index (Phi) is 5.22. The maximum atomic E-state index is 13.5. The Labute approximate surface area is 188 Å². The van der Waals surface area contributed by atoms with Crippen molar-refractivity contribution in [3.8, 4) is 0 Å². The van der Waals surface area contributed by atoms with Crippen molar-refractivity contribution in [3.05, 3.63) is 94.9 Å². The van der Waals surface area contributed by atoms with Crippen molar-refractivity contribution in [1.29, 1.82) is 0 Å². The zero-order chi connectivity index (χ0) is 21.4. The molecule has 0 fully saturated rings. The summed E-state index contributed by atoms with van der Waals surface area (Å²) in [5.41, 5.74) is 2.85. The minimum atomic E-state index is -0.0319. The lowest BCUT2D eigenvalue weighted by Gasteiger charge is -2.19. The summed E-state index contributed by atoms with van der Waals surface area (Å²) in [6, 6.07) is 21.7. The van der Waals surface area contributed by atoms with E-state index in [4.69, 9.17) is 21.0 Å². The number of halogens is 1. The van der Waals surface area contributed by atoms with E-state index in [0.717, 1.165) is 32.1 Å². The number of aromatic nitrogens is 1. The molecule has 154 valence electrons. The highest BCUT2D eigenvalue weighted by Crippen LogP contribution is 2.34. The number of rotatable bonds is 5. The third kappa shape index (κ3) is 3.94. The average molecular weight is 447 g/mol. The second-order valence-corrected chi connectivity index (χ2v) is 8.89. The van der Waals surface area contributed by atoms with Crippen molar-refractivity contribution in [2.75, 3.05) is 4.90 Å². The Hall–Kier alpha value is -3.15. The standard InChI is InChI=1S/C25H19ClN2O2S/c1-16-12-19(26)14-22-24(16)27-25(31-22)28(15-20-9-5-11-30-20)23(29)13-18-8-4-7-17-6-2-3-10-21(17)18/h2-12,14H,13,15H2,1H3. The van der Waals surface area contributed by atoms with Crippen molar-refractivity contribution in [2.24, 2.45) is 0 Å². The Morgan fingerprint density at radius 2 is 1.94 bits per heavy atom. The van der Waals surface area contributed by atoms with E-state index < -0.39 is 0 Å². The smallest absolute Gasteiger partial charge is 0.233 e. The molecule has 0 bridgehead atoms. The molecule has 2 heterocycles. The highest BCUT2D eigenvalue weighted by molar-refractivity contribution is 7.22. The molecule has 6 heteroatoms. The number of carbonyl (C=O) groups is 1. The Morgan fingerprint density at radius 1 is 1.10 bits per heavy atom. The quantitative estimate of drug-likeness (QED) is 0.299. The number of fused-ring (bicyclic) bond motifs is 2. The summed E-state index contributed by atoms with van der Waals surface area (Å²) >= 11 is 7.70. The molecule has 2 aromatic heterocycles. The summed E-state index contributed by atoms with van der Waals surface area (Å²) in [5.74, 6) is 0.677. The lowest BCUT2D eigenvalue weighted by Crippen LogP contribution is -2.31. The van der Waals surface area contributed by atoms with Crippen molar-refractivity contribution < 1.29 is 9.21 Å². The van der Waals surface area contributed by atoms with Crippen LogP contribution in [0.1, 0.15) is 16.9 Å². The van der Waals surface area contributed by atoms with Gasteiger partial charge in [-0.2, -0.15) is 0 Å². The topological polar surface area (TPSA) is 46.3 Å². The third-order valence-corrected chi connectivity index (χ3v) is 6.53. The van der Waals surface area contributed by atoms with Crippen LogP contribution in [0.5, 0.6) is 0 Å². The van der Waals surface area contributed by atoms with Crippen molar-refractivity contribution >= 4 is 55.0 Å². The van der Waals surface area contributed by atoms with Crippen LogP contribution < -0.4 is 4.90 Å². The zero-order valence-corrected chi connectivity index (χ0v) is 18.4. The molecule has 0 spiro atoms. The SMILES string of the molecule is Cc1cc(Cl)cc2sc(N(Cc3ccco3)C(=O)Cc3cccc4ccccc34)nc12. The molecule has 3 aromatic carbocycles. The van der Waals surface area contributed by atoms with E-state index in [2.05, 4.69) is 18.2 Å². The van der Waals surface area contributed by atoms with Gasteiger partial charge in [0, 0.05) is 5.02 Å². The summed E-state index contributed by atoms with van der Waals surface area (Å²) in [4.78, 5) is 20.0. The molecular formula is C25H19ClN2O2S. The van der Waals surface area contributed by atoms with Crippen LogP contribution in [0, 0.1) is 6.92 Å². The van der Waals surface area contributed by atoms with Crippen LogP contribution >= 0.6 is 22.9 Å². The van der Waals surface area contributed by atoms with E-state index in [-0.39, 0.29) is 12.3 Å². The second-order valence-electron chi connectivity index (χ2n) is 7.44. The summed E-state index contributed by atoms with van der Waals surface area (Å²) in [5, 5.41) is 3.51. The van der Waals surface area contributed by atoms with Crippen LogP contribution in [0.15, 0.2) is 77.4 Å². The molecule has 31 heavy (non-hydrogen) atoms. The highest BCUT2D eigenvalue weighted by Gasteiger charge is 2.23. The molecule has 1 amide bonds. The molecule has 0 saturated heterocycles. The fourth-order valence-electron chi connectivity index (χ4n) is 3.78. The van der Waals surface area contributed by atoms with Gasteiger partial charge in [0.2, 0.25) is 5.91 Å². The van der Waals surface area contributed by atoms with Gasteiger partial charge in [-0.15, -0.1) is 0 Å². The van der Waals surface area contributed by atoms with Crippen molar-refractivity contribution in [1.82, 2.24) is 4.98 Å². The number of nitrogens with zero attached hydrogens (tertiary/aromatic N) is 2. The van der Waals surface area contributed by atoms with Gasteiger partial charge in [0.25, 0.3) is 0 Å². The Morgan fingerprint density at radius 3 is 2.77 bits per heavy atom. The van der Waals surface area contributed by atoms with Gasteiger partial charge in [-0.3, -0.25) is 9.69 Å². The van der Waals surface area contributed by atoms with Gasteiger partial charge in [0.15, 0.2) is 5.13 Å². The molecule has 0 radical (unpaired) electrons. The molecular weight excluding hydrogens is 428 g/mol. The number of thiazole rings is 1. The van der Waals surface area contributed by atoms with E-state index in [1.54, 1.807) is 11.2 Å². The normalized spacial score (nSPS) is 11.3. The zero-order valence-electron chi connectivity index (χ0n) is 16.8. The van der Waals surface area contributed by atoms with E-state index >= 15 is 0 Å². The van der Waals surface area contributed by atoms with E-state index in [1.165, 1.54) is 11.3 Å². The van der Waals surface area contributed by atoms with E-state index in [0.29, 0.717) is 22.5 Å². The summed E-state index contributed by atoms with van der Waals surface area (Å²) in [6.07, 6.45) is 1.89. The van der Waals surface area contributed by atoms with E-state index in [1.807, 2.05) is 55.5 Å². The van der Waals surface area contributed by atoms with Gasteiger partial charge in [-0.1, -0.05) is 65.4 Å². The predicted molar refractivity (Wildman–Crippen MR) is 127 cm³/mol. The predicted octanol–water partition coefficient (Wildman–Crippen LogP) is 6.78. The lowest BCUT2D eigenvalue weighted by molar-refractivity contribution is -0.118. The number of aryl methyl sites for hydroxylation is 1. The summed E-state index contributed by atoms with van der Waals surface area (Å²) in [7, 11) is 0. The fraction of sp³-hybridized carbons (Fsp3) is 0.120. The highest BCUT2D eigenvalue weighted by atomic mass is 35.5. The second kappa shape index (κ2) is 8.17. The van der Waals surface area contributed by atoms with Crippen LogP contribution in [0.2, 0.25) is 5.02 Å². The van der Waals surface area contributed by atoms with Crippen LogP contribution in [-0.4, -0.2) is 10.9 Å². The average Bonchev–Trinajstić information content (AvgIpc) is 3.42. The molecule has 0 aliphatic carbocycles. The van der Waals surface area contributed by atoms with Crippen LogP contribution in [-0.2, 0) is 17.8 Å².